The van der Waals surface area contributed by atoms with Crippen molar-refractivity contribution in [3.05, 3.63) is 23.7 Å². The maximum atomic E-state index is 13.3. The minimum absolute atomic E-state index is 0.110. The predicted octanol–water partition coefficient (Wildman–Crippen LogP) is 2.36. The fraction of sp³-hybridized carbons (Fsp3) is 0.652. The first-order valence-electron chi connectivity index (χ1n) is 11.1. The van der Waals surface area contributed by atoms with Crippen LogP contribution < -0.4 is 5.32 Å². The third-order valence-electron chi connectivity index (χ3n) is 6.46. The molecule has 0 spiro atoms. The average molecular weight is 428 g/mol. The molecule has 31 heavy (non-hydrogen) atoms. The van der Waals surface area contributed by atoms with Crippen LogP contribution in [0.2, 0.25) is 0 Å². The second-order valence-electron chi connectivity index (χ2n) is 10.5. The van der Waals surface area contributed by atoms with E-state index in [1.807, 2.05) is 27.8 Å². The van der Waals surface area contributed by atoms with E-state index in [0.717, 1.165) is 18.5 Å². The first-order valence-corrected chi connectivity index (χ1v) is 11.1. The molecule has 2 aromatic heterocycles. The number of aryl methyl sites for hydroxylation is 1. The van der Waals surface area contributed by atoms with Crippen molar-refractivity contribution in [2.24, 2.45) is 12.5 Å². The average Bonchev–Trinajstić information content (AvgIpc) is 3.48. The van der Waals surface area contributed by atoms with Crippen LogP contribution in [0.25, 0.3) is 11.2 Å². The van der Waals surface area contributed by atoms with Crippen LogP contribution in [0.4, 0.5) is 0 Å². The van der Waals surface area contributed by atoms with E-state index in [0.29, 0.717) is 48.6 Å². The monoisotopic (exact) mass is 427 g/mol. The number of carbonyl (C=O) groups excluding carboxylic acids is 2. The van der Waals surface area contributed by atoms with Crippen LogP contribution in [0.5, 0.6) is 0 Å². The molecule has 3 heterocycles. The summed E-state index contributed by atoms with van der Waals surface area (Å²) in [5, 5.41) is 13.2. The molecule has 1 saturated carbocycles. The SMILES string of the molecule is Cn1cc(C(=O)NC(C(=O)N2CCC(C)(O)CC2)C(C)(C)C)c2nc(C3CC3)cnc21. The summed E-state index contributed by atoms with van der Waals surface area (Å²) >= 11 is 0. The quantitative estimate of drug-likeness (QED) is 0.780. The number of hydrogen-bond acceptors (Lipinski definition) is 5. The van der Waals surface area contributed by atoms with E-state index < -0.39 is 17.1 Å². The molecule has 8 heteroatoms. The summed E-state index contributed by atoms with van der Waals surface area (Å²) in [6.45, 7) is 8.62. The Bertz CT molecular complexity index is 1010. The fourth-order valence-electron chi connectivity index (χ4n) is 4.14. The van der Waals surface area contributed by atoms with Crippen molar-refractivity contribution in [1.82, 2.24) is 24.8 Å². The molecule has 2 fully saturated rings. The molecular weight excluding hydrogens is 394 g/mol. The number of aliphatic hydroxyl groups is 1. The lowest BCUT2D eigenvalue weighted by Crippen LogP contribution is -2.57. The number of rotatable bonds is 4. The molecule has 168 valence electrons. The van der Waals surface area contributed by atoms with Gasteiger partial charge in [0.15, 0.2) is 5.65 Å². The number of aromatic nitrogens is 3. The van der Waals surface area contributed by atoms with Crippen molar-refractivity contribution >= 4 is 23.0 Å². The van der Waals surface area contributed by atoms with Gasteiger partial charge in [0.1, 0.15) is 11.6 Å². The number of amides is 2. The summed E-state index contributed by atoms with van der Waals surface area (Å²) in [5.74, 6) is 0.0136. The molecule has 8 nitrogen and oxygen atoms in total. The molecule has 2 amide bonds. The highest BCUT2D eigenvalue weighted by atomic mass is 16.3. The van der Waals surface area contributed by atoms with Crippen molar-refractivity contribution in [3.63, 3.8) is 0 Å². The molecule has 0 radical (unpaired) electrons. The number of likely N-dealkylation sites (tertiary alicyclic amines) is 1. The van der Waals surface area contributed by atoms with Gasteiger partial charge >= 0.3 is 0 Å². The number of hydrogen-bond donors (Lipinski definition) is 2. The minimum Gasteiger partial charge on any atom is -0.390 e. The Kier molecular flexibility index (Phi) is 5.32. The summed E-state index contributed by atoms with van der Waals surface area (Å²) < 4.78 is 1.80. The van der Waals surface area contributed by atoms with Crippen molar-refractivity contribution in [3.8, 4) is 0 Å². The van der Waals surface area contributed by atoms with Gasteiger partial charge in [-0.1, -0.05) is 20.8 Å². The van der Waals surface area contributed by atoms with Crippen LogP contribution in [0.3, 0.4) is 0 Å². The summed E-state index contributed by atoms with van der Waals surface area (Å²) in [6, 6.07) is -0.683. The third kappa shape index (κ3) is 4.44. The molecule has 2 N–H and O–H groups in total. The van der Waals surface area contributed by atoms with Gasteiger partial charge in [0.25, 0.3) is 5.91 Å². The molecule has 1 aliphatic carbocycles. The van der Waals surface area contributed by atoms with Crippen molar-refractivity contribution in [2.45, 2.75) is 70.9 Å². The Balaban J connectivity index is 1.58. The molecule has 1 unspecified atom stereocenters. The van der Waals surface area contributed by atoms with E-state index in [1.54, 1.807) is 28.8 Å². The molecular formula is C23H33N5O3. The molecule has 0 aromatic carbocycles. The van der Waals surface area contributed by atoms with Gasteiger partial charge in [0, 0.05) is 32.3 Å². The van der Waals surface area contributed by atoms with Crippen LogP contribution >= 0.6 is 0 Å². The fourth-order valence-corrected chi connectivity index (χ4v) is 4.14. The lowest BCUT2D eigenvalue weighted by atomic mass is 9.84. The number of piperidine rings is 1. The van der Waals surface area contributed by atoms with Gasteiger partial charge in [0.05, 0.1) is 23.1 Å². The zero-order valence-electron chi connectivity index (χ0n) is 19.1. The Labute approximate surface area is 183 Å². The van der Waals surface area contributed by atoms with Gasteiger partial charge in [0.2, 0.25) is 5.91 Å². The first-order chi connectivity index (χ1) is 14.5. The van der Waals surface area contributed by atoms with E-state index in [2.05, 4.69) is 10.3 Å². The van der Waals surface area contributed by atoms with Gasteiger partial charge < -0.3 is 19.9 Å². The molecule has 2 aromatic rings. The summed E-state index contributed by atoms with van der Waals surface area (Å²) in [4.78, 5) is 37.7. The normalized spacial score (nSPS) is 20.0. The van der Waals surface area contributed by atoms with Crippen molar-refractivity contribution in [1.29, 1.82) is 0 Å². The maximum absolute atomic E-state index is 13.3. The summed E-state index contributed by atoms with van der Waals surface area (Å²) in [6.07, 6.45) is 6.82. The highest BCUT2D eigenvalue weighted by Gasteiger charge is 2.39. The molecule has 1 aliphatic heterocycles. The van der Waals surface area contributed by atoms with Crippen LogP contribution in [0, 0.1) is 5.41 Å². The van der Waals surface area contributed by atoms with Crippen LogP contribution in [0.1, 0.15) is 75.3 Å². The van der Waals surface area contributed by atoms with E-state index >= 15 is 0 Å². The van der Waals surface area contributed by atoms with Gasteiger partial charge in [-0.25, -0.2) is 9.97 Å². The van der Waals surface area contributed by atoms with Crippen molar-refractivity contribution in [2.75, 3.05) is 13.1 Å². The Morgan fingerprint density at radius 1 is 1.26 bits per heavy atom. The number of nitrogens with zero attached hydrogens (tertiary/aromatic N) is 4. The molecule has 1 saturated heterocycles. The molecule has 1 atom stereocenters. The van der Waals surface area contributed by atoms with Gasteiger partial charge in [-0.15, -0.1) is 0 Å². The van der Waals surface area contributed by atoms with Crippen molar-refractivity contribution < 1.29 is 14.7 Å². The summed E-state index contributed by atoms with van der Waals surface area (Å²) in [5.41, 5.74) is 1.40. The molecule has 4 rings (SSSR count). The molecule has 2 aliphatic rings. The molecule has 0 bridgehead atoms. The van der Waals surface area contributed by atoms with Gasteiger partial charge in [-0.2, -0.15) is 0 Å². The lowest BCUT2D eigenvalue weighted by Gasteiger charge is -2.40. The summed E-state index contributed by atoms with van der Waals surface area (Å²) in [7, 11) is 1.84. The Morgan fingerprint density at radius 2 is 1.90 bits per heavy atom. The maximum Gasteiger partial charge on any atom is 0.255 e. The topological polar surface area (TPSA) is 100 Å². The van der Waals surface area contributed by atoms with E-state index in [1.165, 1.54) is 0 Å². The standard InChI is InChI=1S/C23H33N5O3/c1-22(2,3)18(21(30)28-10-8-23(4,31)9-11-28)26-20(29)15-13-27(5)19-17(15)25-16(12-24-19)14-6-7-14/h12-14,18,31H,6-11H2,1-5H3,(H,26,29). The zero-order valence-corrected chi connectivity index (χ0v) is 19.1. The predicted molar refractivity (Wildman–Crippen MR) is 118 cm³/mol. The second-order valence-corrected chi connectivity index (χ2v) is 10.5. The first kappa shape index (κ1) is 21.7. The van der Waals surface area contributed by atoms with E-state index in [4.69, 9.17) is 4.98 Å². The largest absolute Gasteiger partial charge is 0.390 e. The third-order valence-corrected chi connectivity index (χ3v) is 6.46. The number of carbonyl (C=O) groups is 2. The minimum atomic E-state index is -0.738. The highest BCUT2D eigenvalue weighted by molar-refractivity contribution is 6.06. The second kappa shape index (κ2) is 7.58. The Morgan fingerprint density at radius 3 is 2.48 bits per heavy atom. The number of fused-ring (bicyclic) bond motifs is 1. The Hall–Kier alpha value is -2.48. The van der Waals surface area contributed by atoms with E-state index in [9.17, 15) is 14.7 Å². The number of nitrogens with one attached hydrogen (secondary N) is 1. The van der Waals surface area contributed by atoms with Crippen LogP contribution in [0.15, 0.2) is 12.4 Å². The van der Waals surface area contributed by atoms with E-state index in [-0.39, 0.29) is 11.8 Å². The van der Waals surface area contributed by atoms with Crippen LogP contribution in [-0.4, -0.2) is 61.1 Å². The smallest absolute Gasteiger partial charge is 0.255 e. The lowest BCUT2D eigenvalue weighted by molar-refractivity contribution is -0.139. The van der Waals surface area contributed by atoms with Crippen LogP contribution in [-0.2, 0) is 11.8 Å². The zero-order chi connectivity index (χ0) is 22.6. The van der Waals surface area contributed by atoms with Gasteiger partial charge in [-0.05, 0) is 38.0 Å². The van der Waals surface area contributed by atoms with Gasteiger partial charge in [-0.3, -0.25) is 9.59 Å². The highest BCUT2D eigenvalue weighted by Crippen LogP contribution is 2.39.